The third kappa shape index (κ3) is 4.22. The number of ether oxygens (including phenoxy) is 2. The van der Waals surface area contributed by atoms with Crippen molar-refractivity contribution >= 4 is 39.1 Å². The van der Waals surface area contributed by atoms with Crippen molar-refractivity contribution in [1.82, 2.24) is 0 Å². The first-order chi connectivity index (χ1) is 14.3. The Morgan fingerprint density at radius 2 is 1.77 bits per heavy atom. The summed E-state index contributed by atoms with van der Waals surface area (Å²) in [6.07, 6.45) is 1.81. The van der Waals surface area contributed by atoms with Crippen LogP contribution in [0.4, 0.5) is 11.4 Å². The highest BCUT2D eigenvalue weighted by Crippen LogP contribution is 2.42. The zero-order valence-corrected chi connectivity index (χ0v) is 18.7. The summed E-state index contributed by atoms with van der Waals surface area (Å²) in [7, 11) is -0.871. The summed E-state index contributed by atoms with van der Waals surface area (Å²) in [5, 5.41) is 0.255. The normalized spacial score (nSPS) is 18.5. The molecule has 160 valence electrons. The van der Waals surface area contributed by atoms with Crippen molar-refractivity contribution in [2.24, 2.45) is 5.92 Å². The molecule has 30 heavy (non-hydrogen) atoms. The summed E-state index contributed by atoms with van der Waals surface area (Å²) in [5.41, 5.74) is 0.999. The minimum Gasteiger partial charge on any atom is -0.497 e. The van der Waals surface area contributed by atoms with Crippen molar-refractivity contribution < 1.29 is 22.7 Å². The Labute approximate surface area is 180 Å². The topological polar surface area (TPSA) is 84.9 Å². The fourth-order valence-electron chi connectivity index (χ4n) is 3.42. The average Bonchev–Trinajstić information content (AvgIpc) is 3.57. The number of carbonyl (C=O) groups is 1. The van der Waals surface area contributed by atoms with E-state index in [4.69, 9.17) is 9.47 Å². The van der Waals surface area contributed by atoms with Crippen LogP contribution in [-0.2, 0) is 14.8 Å². The molecule has 2 aliphatic rings. The molecule has 0 spiro atoms. The SMILES string of the molecule is COc1cc(NS(=O)(=O)c2ccc3c(c2)N(C(=O)C2CC2)C[C@@H](C)S3)cc(OC)c1. The number of thioether (sulfide) groups is 1. The lowest BCUT2D eigenvalue weighted by molar-refractivity contribution is -0.119. The molecule has 0 bridgehead atoms. The summed E-state index contributed by atoms with van der Waals surface area (Å²) in [5.74, 6) is 1.10. The Morgan fingerprint density at radius 1 is 1.10 bits per heavy atom. The van der Waals surface area contributed by atoms with Crippen molar-refractivity contribution in [2.45, 2.75) is 34.8 Å². The van der Waals surface area contributed by atoms with E-state index in [2.05, 4.69) is 11.6 Å². The molecule has 1 heterocycles. The van der Waals surface area contributed by atoms with Crippen LogP contribution in [0.3, 0.4) is 0 Å². The summed E-state index contributed by atoms with van der Waals surface area (Å²) < 4.78 is 39.1. The van der Waals surface area contributed by atoms with Gasteiger partial charge in [-0.25, -0.2) is 8.42 Å². The number of hydrogen-bond donors (Lipinski definition) is 1. The largest absolute Gasteiger partial charge is 0.497 e. The van der Waals surface area contributed by atoms with Gasteiger partial charge in [0.15, 0.2) is 0 Å². The first kappa shape index (κ1) is 20.9. The Bertz CT molecular complexity index is 1060. The third-order valence-corrected chi connectivity index (χ3v) is 7.63. The summed E-state index contributed by atoms with van der Waals surface area (Å²) >= 11 is 1.66. The van der Waals surface area contributed by atoms with Crippen LogP contribution in [0.1, 0.15) is 19.8 Å². The van der Waals surface area contributed by atoms with Crippen LogP contribution < -0.4 is 19.1 Å². The molecule has 1 fully saturated rings. The molecule has 7 nitrogen and oxygen atoms in total. The van der Waals surface area contributed by atoms with E-state index in [9.17, 15) is 13.2 Å². The van der Waals surface area contributed by atoms with Gasteiger partial charge in [-0.05, 0) is 31.0 Å². The molecule has 0 aromatic heterocycles. The molecule has 1 atom stereocenters. The maximum Gasteiger partial charge on any atom is 0.261 e. The predicted octanol–water partition coefficient (Wildman–Crippen LogP) is 3.74. The molecule has 1 amide bonds. The van der Waals surface area contributed by atoms with E-state index in [1.54, 1.807) is 53.1 Å². The number of nitrogens with zero attached hydrogens (tertiary/aromatic N) is 1. The van der Waals surface area contributed by atoms with Gasteiger partial charge in [0.05, 0.1) is 30.5 Å². The number of benzene rings is 2. The fraction of sp³-hybridized carbons (Fsp3) is 0.381. The Hall–Kier alpha value is -2.39. The van der Waals surface area contributed by atoms with Crippen molar-refractivity contribution in [3.05, 3.63) is 36.4 Å². The first-order valence-electron chi connectivity index (χ1n) is 9.68. The van der Waals surface area contributed by atoms with Crippen molar-refractivity contribution in [3.63, 3.8) is 0 Å². The second kappa shape index (κ2) is 8.03. The number of methoxy groups -OCH3 is 2. The quantitative estimate of drug-likeness (QED) is 0.725. The maximum atomic E-state index is 13.1. The minimum absolute atomic E-state index is 0.0655. The maximum absolute atomic E-state index is 13.1. The highest BCUT2D eigenvalue weighted by atomic mass is 32.2. The van der Waals surface area contributed by atoms with Crippen LogP contribution in [0.5, 0.6) is 11.5 Å². The number of anilines is 2. The highest BCUT2D eigenvalue weighted by molar-refractivity contribution is 8.00. The number of amides is 1. The van der Waals surface area contributed by atoms with Gasteiger partial charge in [0.2, 0.25) is 5.91 Å². The summed E-state index contributed by atoms with van der Waals surface area (Å²) in [6, 6.07) is 9.77. The first-order valence-corrected chi connectivity index (χ1v) is 12.0. The van der Waals surface area contributed by atoms with Gasteiger partial charge in [-0.1, -0.05) is 6.92 Å². The minimum atomic E-state index is -3.87. The summed E-state index contributed by atoms with van der Waals surface area (Å²) in [4.78, 5) is 15.6. The lowest BCUT2D eigenvalue weighted by Crippen LogP contribution is -2.39. The summed E-state index contributed by atoms with van der Waals surface area (Å²) in [6.45, 7) is 2.65. The Balaban J connectivity index is 1.67. The monoisotopic (exact) mass is 448 g/mol. The van der Waals surface area contributed by atoms with Gasteiger partial charge in [0.1, 0.15) is 11.5 Å². The van der Waals surface area contributed by atoms with Gasteiger partial charge >= 0.3 is 0 Å². The molecular formula is C21H24N2O5S2. The lowest BCUT2D eigenvalue weighted by atomic mass is 10.2. The predicted molar refractivity (Wildman–Crippen MR) is 117 cm³/mol. The zero-order valence-electron chi connectivity index (χ0n) is 17.0. The highest BCUT2D eigenvalue weighted by Gasteiger charge is 2.37. The molecule has 2 aromatic rings. The molecule has 0 unspecified atom stereocenters. The molecule has 9 heteroatoms. The van der Waals surface area contributed by atoms with E-state index < -0.39 is 10.0 Å². The number of rotatable bonds is 6. The molecule has 2 aromatic carbocycles. The molecular weight excluding hydrogens is 424 g/mol. The molecule has 1 aliphatic heterocycles. The standard InChI is InChI=1S/C21H24N2O5S2/c1-13-12-23(21(24)14-4-5-14)19-11-18(6-7-20(19)29-13)30(25,26)22-15-8-16(27-2)10-17(9-15)28-3/h6-11,13-14,22H,4-5,12H2,1-3H3/t13-/m1/s1. The number of nitrogens with one attached hydrogen (secondary N) is 1. The molecule has 1 saturated carbocycles. The van der Waals surface area contributed by atoms with Crippen molar-refractivity contribution in [3.8, 4) is 11.5 Å². The van der Waals surface area contributed by atoms with Crippen LogP contribution in [0.2, 0.25) is 0 Å². The van der Waals surface area contributed by atoms with Gasteiger partial charge in [-0.15, -0.1) is 11.8 Å². The smallest absolute Gasteiger partial charge is 0.261 e. The second-order valence-electron chi connectivity index (χ2n) is 7.49. The van der Waals surface area contributed by atoms with E-state index in [1.807, 2.05) is 0 Å². The van der Waals surface area contributed by atoms with Crippen LogP contribution in [0.15, 0.2) is 46.2 Å². The van der Waals surface area contributed by atoms with Gasteiger partial charge < -0.3 is 14.4 Å². The van der Waals surface area contributed by atoms with Crippen molar-refractivity contribution in [1.29, 1.82) is 0 Å². The van der Waals surface area contributed by atoms with E-state index in [1.165, 1.54) is 14.2 Å². The molecule has 1 aliphatic carbocycles. The molecule has 4 rings (SSSR count). The number of carbonyl (C=O) groups excluding carboxylic acids is 1. The molecule has 0 saturated heterocycles. The van der Waals surface area contributed by atoms with E-state index in [0.717, 1.165) is 17.7 Å². The Kier molecular flexibility index (Phi) is 5.59. The lowest BCUT2D eigenvalue weighted by Gasteiger charge is -2.33. The van der Waals surface area contributed by atoms with E-state index in [0.29, 0.717) is 29.4 Å². The number of hydrogen-bond acceptors (Lipinski definition) is 6. The average molecular weight is 449 g/mol. The van der Waals surface area contributed by atoms with Crippen LogP contribution >= 0.6 is 11.8 Å². The van der Waals surface area contributed by atoms with Gasteiger partial charge in [-0.3, -0.25) is 9.52 Å². The Morgan fingerprint density at radius 3 is 2.37 bits per heavy atom. The number of sulfonamides is 1. The van der Waals surface area contributed by atoms with Crippen LogP contribution in [0.25, 0.3) is 0 Å². The third-order valence-electron chi connectivity index (χ3n) is 5.10. The van der Waals surface area contributed by atoms with E-state index in [-0.39, 0.29) is 22.0 Å². The van der Waals surface area contributed by atoms with Crippen LogP contribution in [-0.4, -0.2) is 40.3 Å². The fourth-order valence-corrected chi connectivity index (χ4v) is 5.58. The second-order valence-corrected chi connectivity index (χ2v) is 10.7. The molecule has 0 radical (unpaired) electrons. The van der Waals surface area contributed by atoms with Gasteiger partial charge in [0.25, 0.3) is 10.0 Å². The van der Waals surface area contributed by atoms with Gasteiger partial charge in [0, 0.05) is 40.8 Å². The van der Waals surface area contributed by atoms with Crippen molar-refractivity contribution in [2.75, 3.05) is 30.4 Å². The number of fused-ring (bicyclic) bond motifs is 1. The van der Waals surface area contributed by atoms with E-state index >= 15 is 0 Å². The zero-order chi connectivity index (χ0) is 21.5. The van der Waals surface area contributed by atoms with Crippen LogP contribution in [0, 0.1) is 5.92 Å². The molecule has 1 N–H and O–H groups in total. The van der Waals surface area contributed by atoms with Gasteiger partial charge in [-0.2, -0.15) is 0 Å².